The summed E-state index contributed by atoms with van der Waals surface area (Å²) >= 11 is 0. The third-order valence-electron chi connectivity index (χ3n) is 2.31. The van der Waals surface area contributed by atoms with Crippen LogP contribution in [0, 0.1) is 17.0 Å². The highest BCUT2D eigenvalue weighted by atomic mass is 32.2. The first-order chi connectivity index (χ1) is 8.90. The fourth-order valence-electron chi connectivity index (χ4n) is 1.44. The molecular weight excluding hydrogens is 274 g/mol. The zero-order chi connectivity index (χ0) is 14.5. The number of benzene rings is 1. The van der Waals surface area contributed by atoms with Gasteiger partial charge in [0.15, 0.2) is 0 Å². The number of nitrogens with one attached hydrogen (secondary N) is 1. The van der Waals surface area contributed by atoms with E-state index in [-0.39, 0.29) is 29.2 Å². The quantitative estimate of drug-likeness (QED) is 0.211. The molecule has 1 aromatic carbocycles. The molecule has 0 unspecified atom stereocenters. The number of sulfonamides is 1. The lowest BCUT2D eigenvalue weighted by Crippen LogP contribution is -2.27. The molecule has 10 heteroatoms. The van der Waals surface area contributed by atoms with Crippen molar-refractivity contribution in [3.63, 3.8) is 0 Å². The highest BCUT2D eigenvalue weighted by molar-refractivity contribution is 7.89. The lowest BCUT2D eigenvalue weighted by molar-refractivity contribution is -0.385. The molecule has 102 valence electrons. The van der Waals surface area contributed by atoms with E-state index in [0.717, 1.165) is 0 Å². The van der Waals surface area contributed by atoms with E-state index in [2.05, 4.69) is 14.7 Å². The number of hydrogen-bond acceptors (Lipinski definition) is 5. The van der Waals surface area contributed by atoms with Crippen LogP contribution in [0.5, 0.6) is 0 Å². The van der Waals surface area contributed by atoms with Gasteiger partial charge in [-0.3, -0.25) is 10.1 Å². The molecule has 19 heavy (non-hydrogen) atoms. The van der Waals surface area contributed by atoms with Crippen LogP contribution in [0.3, 0.4) is 0 Å². The van der Waals surface area contributed by atoms with E-state index >= 15 is 0 Å². The monoisotopic (exact) mass is 285 g/mol. The molecule has 0 radical (unpaired) electrons. The van der Waals surface area contributed by atoms with Crippen LogP contribution in [0.1, 0.15) is 5.56 Å². The van der Waals surface area contributed by atoms with Crippen molar-refractivity contribution in [3.8, 4) is 0 Å². The Morgan fingerprint density at radius 3 is 2.79 bits per heavy atom. The van der Waals surface area contributed by atoms with Crippen LogP contribution in [0.15, 0.2) is 28.2 Å². The predicted molar refractivity (Wildman–Crippen MR) is 67.0 cm³/mol. The number of nitrogens with zero attached hydrogens (tertiary/aromatic N) is 4. The Kier molecular flexibility index (Phi) is 4.81. The van der Waals surface area contributed by atoms with E-state index in [9.17, 15) is 18.5 Å². The van der Waals surface area contributed by atoms with E-state index in [1.807, 2.05) is 0 Å². The molecule has 0 saturated carbocycles. The fraction of sp³-hybridized carbons (Fsp3) is 0.333. The number of hydrogen-bond donors (Lipinski definition) is 1. The molecule has 1 N–H and O–H groups in total. The lowest BCUT2D eigenvalue weighted by Gasteiger charge is -2.08. The van der Waals surface area contributed by atoms with Gasteiger partial charge in [0.1, 0.15) is 0 Å². The molecule has 9 nitrogen and oxygen atoms in total. The maximum Gasteiger partial charge on any atom is 0.273 e. The Balaban J connectivity index is 3.05. The maximum absolute atomic E-state index is 11.9. The molecule has 0 spiro atoms. The molecular formula is C9H11N5O4S. The minimum absolute atomic E-state index is 0.0380. The first-order valence-electron chi connectivity index (χ1n) is 5.14. The van der Waals surface area contributed by atoms with Gasteiger partial charge in [-0.2, -0.15) is 0 Å². The van der Waals surface area contributed by atoms with E-state index in [0.29, 0.717) is 0 Å². The van der Waals surface area contributed by atoms with Crippen LogP contribution in [0.2, 0.25) is 0 Å². The molecule has 1 aromatic rings. The van der Waals surface area contributed by atoms with Gasteiger partial charge in [-0.15, -0.1) is 0 Å². The molecule has 0 aliphatic carbocycles. The van der Waals surface area contributed by atoms with Gasteiger partial charge in [0, 0.05) is 29.6 Å². The van der Waals surface area contributed by atoms with Crippen LogP contribution in [0.4, 0.5) is 5.69 Å². The summed E-state index contributed by atoms with van der Waals surface area (Å²) in [6.45, 7) is 1.25. The summed E-state index contributed by atoms with van der Waals surface area (Å²) in [6.07, 6.45) is 0. The van der Waals surface area contributed by atoms with Gasteiger partial charge in [0.2, 0.25) is 10.0 Å². The van der Waals surface area contributed by atoms with Crippen molar-refractivity contribution < 1.29 is 13.3 Å². The zero-order valence-electron chi connectivity index (χ0n) is 9.98. The van der Waals surface area contributed by atoms with E-state index in [1.54, 1.807) is 0 Å². The lowest BCUT2D eigenvalue weighted by atomic mass is 10.2. The summed E-state index contributed by atoms with van der Waals surface area (Å²) < 4.78 is 26.0. The van der Waals surface area contributed by atoms with Crippen molar-refractivity contribution in [1.82, 2.24) is 4.72 Å². The summed E-state index contributed by atoms with van der Waals surface area (Å²) in [5.41, 5.74) is 7.85. The minimum Gasteiger partial charge on any atom is -0.258 e. The molecule has 0 amide bonds. The Labute approximate surface area is 109 Å². The normalized spacial score (nSPS) is 10.8. The summed E-state index contributed by atoms with van der Waals surface area (Å²) in [4.78, 5) is 12.4. The summed E-state index contributed by atoms with van der Waals surface area (Å²) in [6, 6.07) is 3.81. The standard InChI is InChI=1S/C9H11N5O4S/c1-7-8(14(15)16)3-2-4-9(7)19(17,18)12-6-5-11-13-10/h2-4,12H,5-6H2,1H3. The highest BCUT2D eigenvalue weighted by Crippen LogP contribution is 2.24. The van der Waals surface area contributed by atoms with Gasteiger partial charge in [0.25, 0.3) is 5.69 Å². The van der Waals surface area contributed by atoms with Gasteiger partial charge in [-0.25, -0.2) is 13.1 Å². The molecule has 0 saturated heterocycles. The second-order valence-electron chi connectivity index (χ2n) is 3.51. The molecule has 0 atom stereocenters. The third-order valence-corrected chi connectivity index (χ3v) is 3.91. The van der Waals surface area contributed by atoms with Gasteiger partial charge < -0.3 is 0 Å². The molecule has 0 heterocycles. The van der Waals surface area contributed by atoms with Gasteiger partial charge in [0.05, 0.1) is 9.82 Å². The number of nitro groups is 1. The number of rotatable bonds is 6. The Morgan fingerprint density at radius 1 is 1.53 bits per heavy atom. The van der Waals surface area contributed by atoms with Crippen molar-refractivity contribution in [3.05, 3.63) is 44.3 Å². The molecule has 0 aliphatic heterocycles. The second kappa shape index (κ2) is 6.14. The SMILES string of the molecule is Cc1c([N+](=O)[O-])cccc1S(=O)(=O)NCCN=[N+]=[N-]. The summed E-state index contributed by atoms with van der Waals surface area (Å²) in [5.74, 6) is 0. The molecule has 0 aliphatic rings. The van der Waals surface area contributed by atoms with Crippen molar-refractivity contribution in [2.45, 2.75) is 11.8 Å². The summed E-state index contributed by atoms with van der Waals surface area (Å²) in [5, 5.41) is 13.9. The smallest absolute Gasteiger partial charge is 0.258 e. The summed E-state index contributed by atoms with van der Waals surface area (Å²) in [7, 11) is -3.87. The van der Waals surface area contributed by atoms with Crippen LogP contribution >= 0.6 is 0 Å². The Bertz CT molecular complexity index is 636. The molecule has 0 fully saturated rings. The Hall–Kier alpha value is -2.16. The average molecular weight is 285 g/mol. The minimum atomic E-state index is -3.87. The van der Waals surface area contributed by atoms with E-state index < -0.39 is 14.9 Å². The zero-order valence-corrected chi connectivity index (χ0v) is 10.8. The average Bonchev–Trinajstić information content (AvgIpc) is 2.34. The third kappa shape index (κ3) is 3.65. The van der Waals surface area contributed by atoms with E-state index in [1.165, 1.54) is 25.1 Å². The largest absolute Gasteiger partial charge is 0.273 e. The number of azide groups is 1. The molecule has 0 bridgehead atoms. The highest BCUT2D eigenvalue weighted by Gasteiger charge is 2.22. The van der Waals surface area contributed by atoms with Crippen molar-refractivity contribution in [2.24, 2.45) is 5.11 Å². The fourth-order valence-corrected chi connectivity index (χ4v) is 2.73. The number of nitro benzene ring substituents is 1. The van der Waals surface area contributed by atoms with Gasteiger partial charge >= 0.3 is 0 Å². The van der Waals surface area contributed by atoms with Crippen LogP contribution < -0.4 is 4.72 Å². The molecule has 0 aromatic heterocycles. The van der Waals surface area contributed by atoms with Crippen LogP contribution in [0.25, 0.3) is 10.4 Å². The Morgan fingerprint density at radius 2 is 2.21 bits per heavy atom. The van der Waals surface area contributed by atoms with Crippen LogP contribution in [-0.2, 0) is 10.0 Å². The predicted octanol–water partition coefficient (Wildman–Crippen LogP) is 1.49. The topological polar surface area (TPSA) is 138 Å². The van der Waals surface area contributed by atoms with Crippen molar-refractivity contribution in [2.75, 3.05) is 13.1 Å². The van der Waals surface area contributed by atoms with Gasteiger partial charge in [-0.05, 0) is 18.5 Å². The van der Waals surface area contributed by atoms with Crippen LogP contribution in [-0.4, -0.2) is 26.4 Å². The van der Waals surface area contributed by atoms with Gasteiger partial charge in [-0.1, -0.05) is 11.2 Å². The molecule has 1 rings (SSSR count). The van der Waals surface area contributed by atoms with Crippen molar-refractivity contribution >= 4 is 15.7 Å². The van der Waals surface area contributed by atoms with E-state index in [4.69, 9.17) is 5.53 Å². The second-order valence-corrected chi connectivity index (χ2v) is 5.25. The van der Waals surface area contributed by atoms with Crippen molar-refractivity contribution in [1.29, 1.82) is 0 Å². The first kappa shape index (κ1) is 14.9. The first-order valence-corrected chi connectivity index (χ1v) is 6.63. The maximum atomic E-state index is 11.9.